The lowest BCUT2D eigenvalue weighted by Crippen LogP contribution is -2.44. The van der Waals surface area contributed by atoms with Crippen LogP contribution in [-0.2, 0) is 11.3 Å². The van der Waals surface area contributed by atoms with Crippen molar-refractivity contribution in [2.24, 2.45) is 4.99 Å². The predicted octanol–water partition coefficient (Wildman–Crippen LogP) is 2.51. The Balaban J connectivity index is 0.00000420. The lowest BCUT2D eigenvalue weighted by atomic mass is 10.1. The lowest BCUT2D eigenvalue weighted by molar-refractivity contribution is -0.128. The maximum absolute atomic E-state index is 12.3. The molecule has 1 aliphatic heterocycles. The van der Waals surface area contributed by atoms with Crippen LogP contribution in [0.25, 0.3) is 0 Å². The summed E-state index contributed by atoms with van der Waals surface area (Å²) in [5, 5.41) is 9.24. The van der Waals surface area contributed by atoms with E-state index in [0.29, 0.717) is 24.6 Å². The van der Waals surface area contributed by atoms with Crippen molar-refractivity contribution in [3.05, 3.63) is 35.4 Å². The number of halogens is 1. The van der Waals surface area contributed by atoms with Gasteiger partial charge in [0.2, 0.25) is 5.91 Å². The summed E-state index contributed by atoms with van der Waals surface area (Å²) in [5.41, 5.74) is 1.58. The largest absolute Gasteiger partial charge is 0.357 e. The third-order valence-electron chi connectivity index (χ3n) is 4.81. The molecule has 1 fully saturated rings. The maximum Gasteiger partial charge on any atom is 0.251 e. The lowest BCUT2D eigenvalue weighted by Gasteiger charge is -2.17. The van der Waals surface area contributed by atoms with Gasteiger partial charge < -0.3 is 20.9 Å². The van der Waals surface area contributed by atoms with Gasteiger partial charge in [0.1, 0.15) is 0 Å². The topological polar surface area (TPSA) is 85.8 Å². The molecule has 162 valence electrons. The average molecular weight is 515 g/mol. The van der Waals surface area contributed by atoms with Gasteiger partial charge in [0.05, 0.1) is 13.1 Å². The van der Waals surface area contributed by atoms with E-state index in [0.717, 1.165) is 37.9 Å². The van der Waals surface area contributed by atoms with Crippen molar-refractivity contribution in [3.8, 4) is 0 Å². The first kappa shape index (κ1) is 25.2. The van der Waals surface area contributed by atoms with Gasteiger partial charge in [-0.05, 0) is 50.8 Å². The minimum atomic E-state index is -0.0681. The fourth-order valence-electron chi connectivity index (χ4n) is 2.97. The molecule has 1 heterocycles. The smallest absolute Gasteiger partial charge is 0.251 e. The second-order valence-corrected chi connectivity index (χ2v) is 7.12. The number of guanidine groups is 1. The van der Waals surface area contributed by atoms with Gasteiger partial charge in [0.15, 0.2) is 5.96 Å². The number of nitrogens with zero attached hydrogens (tertiary/aromatic N) is 2. The van der Waals surface area contributed by atoms with Crippen molar-refractivity contribution >= 4 is 41.8 Å². The summed E-state index contributed by atoms with van der Waals surface area (Å²) < 4.78 is 0. The highest BCUT2D eigenvalue weighted by atomic mass is 127. The Kier molecular flexibility index (Phi) is 11.6. The van der Waals surface area contributed by atoms with Crippen LogP contribution in [0, 0.1) is 0 Å². The first-order valence-electron chi connectivity index (χ1n) is 10.2. The van der Waals surface area contributed by atoms with Gasteiger partial charge in [-0.25, -0.2) is 4.99 Å². The normalized spacial score (nSPS) is 14.7. The zero-order valence-corrected chi connectivity index (χ0v) is 20.0. The molecule has 7 nitrogen and oxygen atoms in total. The second kappa shape index (κ2) is 13.4. The summed E-state index contributed by atoms with van der Waals surface area (Å²) in [6.07, 6.45) is 3.06. The van der Waals surface area contributed by atoms with Gasteiger partial charge in [-0.2, -0.15) is 0 Å². The van der Waals surface area contributed by atoms with Crippen LogP contribution in [0.1, 0.15) is 56.0 Å². The third-order valence-corrected chi connectivity index (χ3v) is 4.81. The van der Waals surface area contributed by atoms with E-state index in [1.807, 2.05) is 49.9 Å². The number of benzene rings is 1. The standard InChI is InChI=1S/C21H33N5O2.HI/c1-4-16(3)25-20(28)18-10-8-9-17(13-18)14-23-21(22-5-2)24-15-19(27)26-11-6-7-12-26;/h8-10,13,16H,4-7,11-12,14-15H2,1-3H3,(H,25,28)(H2,22,23,24);1H. The van der Waals surface area contributed by atoms with Crippen molar-refractivity contribution in [2.75, 3.05) is 26.2 Å². The number of hydrogen-bond donors (Lipinski definition) is 3. The molecule has 1 unspecified atom stereocenters. The Labute approximate surface area is 191 Å². The highest BCUT2D eigenvalue weighted by molar-refractivity contribution is 14.0. The zero-order valence-electron chi connectivity index (χ0n) is 17.7. The Morgan fingerprint density at radius 1 is 1.17 bits per heavy atom. The number of likely N-dealkylation sites (tertiary alicyclic amines) is 1. The molecular formula is C21H34IN5O2. The average Bonchev–Trinajstić information content (AvgIpc) is 3.25. The zero-order chi connectivity index (χ0) is 20.4. The summed E-state index contributed by atoms with van der Waals surface area (Å²) in [4.78, 5) is 30.9. The van der Waals surface area contributed by atoms with Gasteiger partial charge >= 0.3 is 0 Å². The van der Waals surface area contributed by atoms with Crippen LogP contribution in [0.5, 0.6) is 0 Å². The second-order valence-electron chi connectivity index (χ2n) is 7.12. The van der Waals surface area contributed by atoms with Crippen LogP contribution < -0.4 is 16.0 Å². The molecule has 2 amide bonds. The van der Waals surface area contributed by atoms with Crippen molar-refractivity contribution in [1.82, 2.24) is 20.9 Å². The van der Waals surface area contributed by atoms with Gasteiger partial charge in [0, 0.05) is 31.2 Å². The Morgan fingerprint density at radius 3 is 2.55 bits per heavy atom. The van der Waals surface area contributed by atoms with Crippen LogP contribution in [0.15, 0.2) is 29.3 Å². The number of rotatable bonds is 8. The van der Waals surface area contributed by atoms with E-state index in [2.05, 4.69) is 20.9 Å². The van der Waals surface area contributed by atoms with Crippen LogP contribution >= 0.6 is 24.0 Å². The fourth-order valence-corrected chi connectivity index (χ4v) is 2.97. The Morgan fingerprint density at radius 2 is 1.90 bits per heavy atom. The number of hydrogen-bond acceptors (Lipinski definition) is 3. The molecule has 1 atom stereocenters. The summed E-state index contributed by atoms with van der Waals surface area (Å²) in [6, 6.07) is 7.63. The molecule has 29 heavy (non-hydrogen) atoms. The number of aliphatic imine (C=N–C) groups is 1. The number of nitrogens with one attached hydrogen (secondary N) is 3. The number of carbonyl (C=O) groups is 2. The highest BCUT2D eigenvalue weighted by Crippen LogP contribution is 2.08. The monoisotopic (exact) mass is 515 g/mol. The summed E-state index contributed by atoms with van der Waals surface area (Å²) >= 11 is 0. The first-order valence-corrected chi connectivity index (χ1v) is 10.2. The van der Waals surface area contributed by atoms with Crippen molar-refractivity contribution in [1.29, 1.82) is 0 Å². The Hall–Kier alpha value is -1.84. The third kappa shape index (κ3) is 8.59. The molecule has 8 heteroatoms. The molecule has 1 aliphatic rings. The van der Waals surface area contributed by atoms with Gasteiger partial charge in [-0.15, -0.1) is 24.0 Å². The number of amides is 2. The van der Waals surface area contributed by atoms with E-state index in [1.165, 1.54) is 0 Å². The van der Waals surface area contributed by atoms with Gasteiger partial charge in [0.25, 0.3) is 5.91 Å². The van der Waals surface area contributed by atoms with E-state index < -0.39 is 0 Å². The van der Waals surface area contributed by atoms with E-state index in [-0.39, 0.29) is 48.4 Å². The van der Waals surface area contributed by atoms with Crippen LogP contribution in [0.4, 0.5) is 0 Å². The Bertz CT molecular complexity index is 689. The van der Waals surface area contributed by atoms with Crippen molar-refractivity contribution in [3.63, 3.8) is 0 Å². The molecule has 0 spiro atoms. The first-order chi connectivity index (χ1) is 13.5. The minimum absolute atomic E-state index is 0. The molecular weight excluding hydrogens is 481 g/mol. The van der Waals surface area contributed by atoms with Crippen molar-refractivity contribution in [2.45, 2.75) is 52.6 Å². The quantitative estimate of drug-likeness (QED) is 0.282. The van der Waals surface area contributed by atoms with Crippen LogP contribution in [0.2, 0.25) is 0 Å². The molecule has 1 saturated heterocycles. The van der Waals surface area contributed by atoms with E-state index in [9.17, 15) is 9.59 Å². The molecule has 2 rings (SSSR count). The minimum Gasteiger partial charge on any atom is -0.357 e. The number of carbonyl (C=O) groups excluding carboxylic acids is 2. The van der Waals surface area contributed by atoms with Crippen LogP contribution in [-0.4, -0.2) is 54.9 Å². The van der Waals surface area contributed by atoms with Crippen LogP contribution in [0.3, 0.4) is 0 Å². The van der Waals surface area contributed by atoms with E-state index in [1.54, 1.807) is 0 Å². The summed E-state index contributed by atoms with van der Waals surface area (Å²) in [5.74, 6) is 0.637. The molecule has 0 aromatic heterocycles. The highest BCUT2D eigenvalue weighted by Gasteiger charge is 2.17. The van der Waals surface area contributed by atoms with E-state index in [4.69, 9.17) is 0 Å². The van der Waals surface area contributed by atoms with Crippen molar-refractivity contribution < 1.29 is 9.59 Å². The van der Waals surface area contributed by atoms with E-state index >= 15 is 0 Å². The molecule has 0 aliphatic carbocycles. The van der Waals surface area contributed by atoms with Gasteiger partial charge in [-0.1, -0.05) is 19.1 Å². The molecule has 0 saturated carbocycles. The fraction of sp³-hybridized carbons (Fsp3) is 0.571. The summed E-state index contributed by atoms with van der Waals surface area (Å²) in [6.45, 7) is 9.09. The van der Waals surface area contributed by atoms with Gasteiger partial charge in [-0.3, -0.25) is 9.59 Å². The molecule has 1 aromatic carbocycles. The predicted molar refractivity (Wildman–Crippen MR) is 128 cm³/mol. The molecule has 0 radical (unpaired) electrons. The molecule has 3 N–H and O–H groups in total. The molecule has 1 aromatic rings. The molecule has 0 bridgehead atoms. The summed E-state index contributed by atoms with van der Waals surface area (Å²) in [7, 11) is 0. The SMILES string of the molecule is CCNC(=NCc1cccc(C(=O)NC(C)CC)c1)NCC(=O)N1CCCC1.I. The maximum atomic E-state index is 12.3.